The highest BCUT2D eigenvalue weighted by Crippen LogP contribution is 2.16. The maximum Gasteiger partial charge on any atom is 0.313 e. The maximum absolute atomic E-state index is 12.2. The number of para-hydroxylation sites is 1. The number of nitrogens with zero attached hydrogens (tertiary/aromatic N) is 1. The molecule has 0 aliphatic carbocycles. The Morgan fingerprint density at radius 3 is 2.73 bits per heavy atom. The summed E-state index contributed by atoms with van der Waals surface area (Å²) in [5.41, 5.74) is 0.591. The first-order valence-corrected chi connectivity index (χ1v) is 8.88. The Balaban J connectivity index is 1.93. The molecule has 1 aliphatic heterocycles. The van der Waals surface area contributed by atoms with Crippen LogP contribution >= 0.6 is 0 Å². The van der Waals surface area contributed by atoms with Crippen molar-refractivity contribution in [1.29, 1.82) is 0 Å². The molecule has 0 bridgehead atoms. The minimum absolute atomic E-state index is 0.272. The molecule has 2 rings (SSSR count). The predicted octanol–water partition coefficient (Wildman–Crippen LogP) is 1.14. The van der Waals surface area contributed by atoms with Crippen LogP contribution < -0.4 is 16.0 Å². The van der Waals surface area contributed by atoms with Gasteiger partial charge >= 0.3 is 11.8 Å². The van der Waals surface area contributed by atoms with E-state index in [2.05, 4.69) is 34.4 Å². The molecular formula is C19H26N4O3. The van der Waals surface area contributed by atoms with Crippen molar-refractivity contribution in [2.75, 3.05) is 31.5 Å². The van der Waals surface area contributed by atoms with Gasteiger partial charge in [0, 0.05) is 19.1 Å². The number of nitrogens with one attached hydrogen (secondary N) is 3. The average molecular weight is 358 g/mol. The monoisotopic (exact) mass is 358 g/mol. The molecule has 0 saturated carbocycles. The fourth-order valence-electron chi connectivity index (χ4n) is 3.06. The van der Waals surface area contributed by atoms with E-state index in [1.807, 2.05) is 0 Å². The highest BCUT2D eigenvalue weighted by molar-refractivity contribution is 6.40. The number of rotatable bonds is 7. The first-order chi connectivity index (χ1) is 12.6. The second kappa shape index (κ2) is 9.72. The van der Waals surface area contributed by atoms with Crippen molar-refractivity contribution in [3.05, 3.63) is 42.5 Å². The molecule has 0 spiro atoms. The Morgan fingerprint density at radius 2 is 2.00 bits per heavy atom. The van der Waals surface area contributed by atoms with Crippen molar-refractivity contribution in [3.8, 4) is 0 Å². The summed E-state index contributed by atoms with van der Waals surface area (Å²) in [5.74, 6) is -1.82. The summed E-state index contributed by atoms with van der Waals surface area (Å²) in [6.45, 7) is 8.35. The Kier molecular flexibility index (Phi) is 7.35. The van der Waals surface area contributed by atoms with Crippen LogP contribution in [0.15, 0.2) is 36.9 Å². The topological polar surface area (TPSA) is 90.5 Å². The highest BCUT2D eigenvalue weighted by atomic mass is 16.2. The van der Waals surface area contributed by atoms with Crippen LogP contribution in [-0.4, -0.2) is 54.8 Å². The lowest BCUT2D eigenvalue weighted by Gasteiger charge is -2.22. The molecule has 1 heterocycles. The molecule has 1 fully saturated rings. The van der Waals surface area contributed by atoms with Gasteiger partial charge in [0.1, 0.15) is 0 Å². The maximum atomic E-state index is 12.2. The molecule has 0 unspecified atom stereocenters. The van der Waals surface area contributed by atoms with Crippen molar-refractivity contribution in [3.63, 3.8) is 0 Å². The fourth-order valence-corrected chi connectivity index (χ4v) is 3.06. The standard InChI is InChI=1S/C19H26N4O3/c1-3-11-20-17(24)15-9-5-6-10-16(15)22-19(26)18(25)21-13-14-8-7-12-23(14)4-2/h3,5-6,9-10,14H,1,4,7-8,11-13H2,2H3,(H,20,24)(H,21,25)(H,22,26)/t14-/m0/s1. The number of likely N-dealkylation sites (N-methyl/N-ethyl adjacent to an activating group) is 1. The summed E-state index contributed by atoms with van der Waals surface area (Å²) in [6.07, 6.45) is 3.69. The number of carbonyl (C=O) groups excluding carboxylic acids is 3. The summed E-state index contributed by atoms with van der Waals surface area (Å²) in [5, 5.41) is 7.85. The van der Waals surface area contributed by atoms with Crippen LogP contribution in [0.1, 0.15) is 30.1 Å². The number of amides is 3. The van der Waals surface area contributed by atoms with Gasteiger partial charge in [0.2, 0.25) is 0 Å². The Labute approximate surface area is 153 Å². The molecule has 7 nitrogen and oxygen atoms in total. The fraction of sp³-hybridized carbons (Fsp3) is 0.421. The van der Waals surface area contributed by atoms with Gasteiger partial charge in [-0.1, -0.05) is 25.1 Å². The molecule has 26 heavy (non-hydrogen) atoms. The van der Waals surface area contributed by atoms with Gasteiger partial charge in [-0.15, -0.1) is 6.58 Å². The summed E-state index contributed by atoms with van der Waals surface area (Å²) in [7, 11) is 0. The summed E-state index contributed by atoms with van der Waals surface area (Å²) in [4.78, 5) is 38.7. The number of benzene rings is 1. The van der Waals surface area contributed by atoms with Gasteiger partial charge in [-0.25, -0.2) is 0 Å². The number of likely N-dealkylation sites (tertiary alicyclic amines) is 1. The zero-order chi connectivity index (χ0) is 18.9. The van der Waals surface area contributed by atoms with E-state index >= 15 is 0 Å². The third kappa shape index (κ3) is 5.16. The van der Waals surface area contributed by atoms with Gasteiger partial charge in [0.15, 0.2) is 0 Å². The van der Waals surface area contributed by atoms with Crippen LogP contribution in [0.25, 0.3) is 0 Å². The normalized spacial score (nSPS) is 16.7. The van der Waals surface area contributed by atoms with Crippen LogP contribution in [0.5, 0.6) is 0 Å². The van der Waals surface area contributed by atoms with Crippen molar-refractivity contribution in [1.82, 2.24) is 15.5 Å². The average Bonchev–Trinajstić information content (AvgIpc) is 3.12. The number of hydrogen-bond donors (Lipinski definition) is 3. The van der Waals surface area contributed by atoms with Crippen LogP contribution in [0, 0.1) is 0 Å². The van der Waals surface area contributed by atoms with E-state index in [9.17, 15) is 14.4 Å². The Hall–Kier alpha value is -2.67. The first kappa shape index (κ1) is 19.7. The van der Waals surface area contributed by atoms with Gasteiger partial charge in [-0.05, 0) is 38.1 Å². The Morgan fingerprint density at radius 1 is 1.23 bits per heavy atom. The lowest BCUT2D eigenvalue weighted by atomic mass is 10.1. The third-order valence-corrected chi connectivity index (χ3v) is 4.44. The van der Waals surface area contributed by atoms with Gasteiger partial charge in [-0.3, -0.25) is 19.3 Å². The van der Waals surface area contributed by atoms with Crippen LogP contribution in [0.4, 0.5) is 5.69 Å². The van der Waals surface area contributed by atoms with Gasteiger partial charge in [0.25, 0.3) is 5.91 Å². The van der Waals surface area contributed by atoms with Crippen molar-refractivity contribution >= 4 is 23.4 Å². The van der Waals surface area contributed by atoms with Gasteiger partial charge < -0.3 is 16.0 Å². The number of hydrogen-bond acceptors (Lipinski definition) is 4. The van der Waals surface area contributed by atoms with E-state index in [1.165, 1.54) is 0 Å². The van der Waals surface area contributed by atoms with E-state index in [0.717, 1.165) is 25.9 Å². The molecule has 140 valence electrons. The van der Waals surface area contributed by atoms with E-state index in [0.29, 0.717) is 24.3 Å². The smallest absolute Gasteiger partial charge is 0.313 e. The molecule has 1 aromatic rings. The minimum atomic E-state index is -0.782. The van der Waals surface area contributed by atoms with Crippen LogP contribution in [-0.2, 0) is 9.59 Å². The molecule has 1 saturated heterocycles. The summed E-state index contributed by atoms with van der Waals surface area (Å²) < 4.78 is 0. The first-order valence-electron chi connectivity index (χ1n) is 8.88. The SMILES string of the molecule is C=CCNC(=O)c1ccccc1NC(=O)C(=O)NC[C@@H]1CCCN1CC. The number of anilines is 1. The van der Waals surface area contributed by atoms with Crippen molar-refractivity contribution < 1.29 is 14.4 Å². The highest BCUT2D eigenvalue weighted by Gasteiger charge is 2.24. The van der Waals surface area contributed by atoms with E-state index in [1.54, 1.807) is 30.3 Å². The number of carbonyl (C=O) groups is 3. The molecular weight excluding hydrogens is 332 g/mol. The molecule has 0 radical (unpaired) electrons. The molecule has 0 aromatic heterocycles. The van der Waals surface area contributed by atoms with E-state index in [-0.39, 0.29) is 11.9 Å². The molecule has 1 aliphatic rings. The molecule has 1 aromatic carbocycles. The second-order valence-electron chi connectivity index (χ2n) is 6.13. The minimum Gasteiger partial charge on any atom is -0.349 e. The van der Waals surface area contributed by atoms with Crippen molar-refractivity contribution in [2.45, 2.75) is 25.8 Å². The van der Waals surface area contributed by atoms with E-state index in [4.69, 9.17) is 0 Å². The zero-order valence-electron chi connectivity index (χ0n) is 15.1. The molecule has 3 amide bonds. The zero-order valence-corrected chi connectivity index (χ0v) is 15.1. The Bertz CT molecular complexity index is 675. The quantitative estimate of drug-likeness (QED) is 0.504. The summed E-state index contributed by atoms with van der Waals surface area (Å²) in [6, 6.07) is 6.83. The van der Waals surface area contributed by atoms with Gasteiger partial charge in [-0.2, -0.15) is 0 Å². The second-order valence-corrected chi connectivity index (χ2v) is 6.13. The third-order valence-electron chi connectivity index (χ3n) is 4.44. The van der Waals surface area contributed by atoms with Gasteiger partial charge in [0.05, 0.1) is 11.3 Å². The molecule has 3 N–H and O–H groups in total. The largest absolute Gasteiger partial charge is 0.349 e. The van der Waals surface area contributed by atoms with E-state index < -0.39 is 11.8 Å². The predicted molar refractivity (Wildman–Crippen MR) is 101 cm³/mol. The van der Waals surface area contributed by atoms with Crippen LogP contribution in [0.2, 0.25) is 0 Å². The lowest BCUT2D eigenvalue weighted by molar-refractivity contribution is -0.136. The van der Waals surface area contributed by atoms with Crippen LogP contribution in [0.3, 0.4) is 0 Å². The molecule has 7 heteroatoms. The molecule has 1 atom stereocenters. The summed E-state index contributed by atoms with van der Waals surface area (Å²) >= 11 is 0. The van der Waals surface area contributed by atoms with Crippen molar-refractivity contribution in [2.24, 2.45) is 0 Å². The lowest BCUT2D eigenvalue weighted by Crippen LogP contribution is -2.43.